The monoisotopic (exact) mass is 430 g/mol. The van der Waals surface area contributed by atoms with Gasteiger partial charge in [0.05, 0.1) is 11.1 Å². The fourth-order valence-electron chi connectivity index (χ4n) is 2.74. The molecule has 0 bridgehead atoms. The quantitative estimate of drug-likeness (QED) is 0.247. The van der Waals surface area contributed by atoms with E-state index < -0.39 is 6.35 Å². The minimum absolute atomic E-state index is 0.0579. The molecule has 0 aliphatic heterocycles. The normalized spacial score (nSPS) is 12.1. The molecule has 0 aliphatic carbocycles. The smallest absolute Gasteiger partial charge is 0.263 e. The van der Waals surface area contributed by atoms with Crippen LogP contribution in [0.4, 0.5) is 0 Å². The predicted octanol–water partition coefficient (Wildman–Crippen LogP) is 2.72. The number of amides is 1. The van der Waals surface area contributed by atoms with Gasteiger partial charge in [-0.15, -0.1) is 17.9 Å². The first-order valence-electron chi connectivity index (χ1n) is 8.85. The Balaban J connectivity index is 1.98. The highest BCUT2D eigenvalue weighted by Crippen LogP contribution is 2.32. The van der Waals surface area contributed by atoms with E-state index in [9.17, 15) is 9.59 Å². The van der Waals surface area contributed by atoms with Gasteiger partial charge < -0.3 is 10.1 Å². The molecule has 1 atom stereocenters. The lowest BCUT2D eigenvalue weighted by atomic mass is 10.1. The fraction of sp³-hybridized carbons (Fsp3) is 0.250. The Bertz CT molecular complexity index is 1090. The highest BCUT2D eigenvalue weighted by atomic mass is 32.2. The maximum absolute atomic E-state index is 13.3. The van der Waals surface area contributed by atoms with E-state index in [1.165, 1.54) is 34.8 Å². The fourth-order valence-corrected chi connectivity index (χ4v) is 4.55. The van der Waals surface area contributed by atoms with Crippen molar-refractivity contribution in [1.29, 1.82) is 0 Å². The van der Waals surface area contributed by atoms with Crippen LogP contribution in [0.25, 0.3) is 21.3 Å². The number of methoxy groups -OCH3 is 1. The Morgan fingerprint density at radius 3 is 2.83 bits per heavy atom. The number of nitrogens with two attached hydrogens (primary N) is 1. The zero-order valence-corrected chi connectivity index (χ0v) is 17.8. The molecule has 3 N–H and O–H groups in total. The number of carbonyl (C=O) groups is 1. The van der Waals surface area contributed by atoms with Crippen molar-refractivity contribution >= 4 is 39.2 Å². The molecule has 1 aromatic carbocycles. The third-order valence-corrected chi connectivity index (χ3v) is 6.07. The van der Waals surface area contributed by atoms with E-state index in [4.69, 9.17) is 10.5 Å². The summed E-state index contributed by atoms with van der Waals surface area (Å²) in [7, 11) is 1.40. The predicted molar refractivity (Wildman–Crippen MR) is 118 cm³/mol. The standard InChI is InChI=1S/C20H22N4O3S2/c1-4-9-24-18(26)16-14(13-7-5-12(2)6-8-13)10-28-17(16)23-20(24)29-11-15(25)22-19(21)27-3/h4-8,10,19H,1,9,11,21H2,2-3H3,(H,22,25). The number of aromatic nitrogens is 2. The molecule has 9 heteroatoms. The van der Waals surface area contributed by atoms with Crippen molar-refractivity contribution in [2.75, 3.05) is 12.9 Å². The van der Waals surface area contributed by atoms with Gasteiger partial charge in [0.1, 0.15) is 4.83 Å². The molecule has 3 aromatic rings. The maximum atomic E-state index is 13.3. The van der Waals surface area contributed by atoms with Crippen molar-refractivity contribution in [3.05, 3.63) is 58.2 Å². The topological polar surface area (TPSA) is 99.2 Å². The summed E-state index contributed by atoms with van der Waals surface area (Å²) in [4.78, 5) is 30.5. The Morgan fingerprint density at radius 2 is 2.17 bits per heavy atom. The van der Waals surface area contributed by atoms with E-state index in [1.807, 2.05) is 36.6 Å². The number of carbonyl (C=O) groups excluding carboxylic acids is 1. The van der Waals surface area contributed by atoms with Crippen LogP contribution in [0.3, 0.4) is 0 Å². The van der Waals surface area contributed by atoms with Crippen LogP contribution in [0.2, 0.25) is 0 Å². The van der Waals surface area contributed by atoms with E-state index in [0.717, 1.165) is 16.7 Å². The lowest BCUT2D eigenvalue weighted by Crippen LogP contribution is -2.43. The van der Waals surface area contributed by atoms with E-state index >= 15 is 0 Å². The third-order valence-electron chi connectivity index (χ3n) is 4.22. The third kappa shape index (κ3) is 4.76. The second-order valence-corrected chi connectivity index (χ2v) is 8.11. The molecule has 29 heavy (non-hydrogen) atoms. The van der Waals surface area contributed by atoms with Crippen LogP contribution in [-0.4, -0.2) is 34.7 Å². The van der Waals surface area contributed by atoms with Crippen molar-refractivity contribution in [2.45, 2.75) is 25.0 Å². The van der Waals surface area contributed by atoms with E-state index in [1.54, 1.807) is 6.08 Å². The zero-order chi connectivity index (χ0) is 21.0. The number of allylic oxidation sites excluding steroid dienone is 1. The van der Waals surface area contributed by atoms with Crippen LogP contribution in [0.1, 0.15) is 5.56 Å². The molecule has 0 saturated carbocycles. The second kappa shape index (κ2) is 9.36. The first-order valence-corrected chi connectivity index (χ1v) is 10.7. The Hall–Kier alpha value is -2.46. The molecule has 7 nitrogen and oxygen atoms in total. The molecule has 0 saturated heterocycles. The van der Waals surface area contributed by atoms with E-state index in [-0.39, 0.29) is 17.2 Å². The minimum Gasteiger partial charge on any atom is -0.349 e. The van der Waals surface area contributed by atoms with Crippen molar-refractivity contribution in [3.8, 4) is 11.1 Å². The molecule has 2 aromatic heterocycles. The molecule has 2 heterocycles. The summed E-state index contributed by atoms with van der Waals surface area (Å²) in [6, 6.07) is 8.03. The molecule has 0 fully saturated rings. The molecule has 3 rings (SSSR count). The van der Waals surface area contributed by atoms with Crippen LogP contribution in [0.5, 0.6) is 0 Å². The summed E-state index contributed by atoms with van der Waals surface area (Å²) >= 11 is 2.58. The number of benzene rings is 1. The van der Waals surface area contributed by atoms with Gasteiger partial charge in [0.15, 0.2) is 11.5 Å². The van der Waals surface area contributed by atoms with Crippen LogP contribution in [0, 0.1) is 6.92 Å². The van der Waals surface area contributed by atoms with Crippen molar-refractivity contribution in [3.63, 3.8) is 0 Å². The average molecular weight is 431 g/mol. The highest BCUT2D eigenvalue weighted by Gasteiger charge is 2.18. The molecule has 0 spiro atoms. The highest BCUT2D eigenvalue weighted by molar-refractivity contribution is 7.99. The van der Waals surface area contributed by atoms with E-state index in [2.05, 4.69) is 16.9 Å². The Morgan fingerprint density at radius 1 is 1.45 bits per heavy atom. The summed E-state index contributed by atoms with van der Waals surface area (Å²) in [5.74, 6) is -0.252. The van der Waals surface area contributed by atoms with Gasteiger partial charge in [0.2, 0.25) is 5.91 Å². The number of hydrogen-bond acceptors (Lipinski definition) is 7. The van der Waals surface area contributed by atoms with Gasteiger partial charge in [-0.1, -0.05) is 47.7 Å². The molecule has 1 unspecified atom stereocenters. The van der Waals surface area contributed by atoms with Gasteiger partial charge in [0.25, 0.3) is 5.56 Å². The number of fused-ring (bicyclic) bond motifs is 1. The minimum atomic E-state index is -0.872. The molecule has 0 radical (unpaired) electrons. The van der Waals surface area contributed by atoms with Gasteiger partial charge in [-0.3, -0.25) is 19.9 Å². The number of nitrogens with one attached hydrogen (secondary N) is 1. The van der Waals surface area contributed by atoms with Crippen LogP contribution in [-0.2, 0) is 16.1 Å². The lowest BCUT2D eigenvalue weighted by molar-refractivity contribution is -0.122. The number of ether oxygens (including phenoxy) is 1. The second-order valence-electron chi connectivity index (χ2n) is 6.31. The number of thioether (sulfide) groups is 1. The van der Waals surface area contributed by atoms with Gasteiger partial charge in [0, 0.05) is 24.6 Å². The Kier molecular flexibility index (Phi) is 6.86. The Labute approximate surface area is 176 Å². The summed E-state index contributed by atoms with van der Waals surface area (Å²) in [6.07, 6.45) is 0.765. The van der Waals surface area contributed by atoms with Gasteiger partial charge in [-0.2, -0.15) is 0 Å². The van der Waals surface area contributed by atoms with Gasteiger partial charge in [-0.05, 0) is 12.5 Å². The average Bonchev–Trinajstić information content (AvgIpc) is 3.13. The van der Waals surface area contributed by atoms with E-state index in [0.29, 0.717) is 21.9 Å². The number of rotatable bonds is 8. The molecular weight excluding hydrogens is 408 g/mol. The van der Waals surface area contributed by atoms with Gasteiger partial charge in [-0.25, -0.2) is 4.98 Å². The first kappa shape index (κ1) is 21.3. The molecule has 152 valence electrons. The largest absolute Gasteiger partial charge is 0.349 e. The molecule has 1 amide bonds. The molecular formula is C20H22N4O3S2. The van der Waals surface area contributed by atoms with Crippen molar-refractivity contribution in [1.82, 2.24) is 14.9 Å². The SMILES string of the molecule is C=CCn1c(SCC(=O)NC(N)OC)nc2scc(-c3ccc(C)cc3)c2c1=O. The number of hydrogen-bond donors (Lipinski definition) is 2. The maximum Gasteiger partial charge on any atom is 0.263 e. The van der Waals surface area contributed by atoms with Crippen LogP contribution < -0.4 is 16.6 Å². The number of thiophene rings is 1. The summed E-state index contributed by atoms with van der Waals surface area (Å²) in [5, 5.41) is 5.48. The number of nitrogens with zero attached hydrogens (tertiary/aromatic N) is 2. The summed E-state index contributed by atoms with van der Waals surface area (Å²) < 4.78 is 6.35. The number of aryl methyl sites for hydroxylation is 1. The lowest BCUT2D eigenvalue weighted by Gasteiger charge is -2.13. The van der Waals surface area contributed by atoms with Crippen molar-refractivity contribution in [2.24, 2.45) is 5.73 Å². The zero-order valence-electron chi connectivity index (χ0n) is 16.2. The molecule has 0 aliphatic rings. The van der Waals surface area contributed by atoms with Crippen molar-refractivity contribution < 1.29 is 9.53 Å². The van der Waals surface area contributed by atoms with Gasteiger partial charge >= 0.3 is 0 Å². The first-order chi connectivity index (χ1) is 13.9. The summed E-state index contributed by atoms with van der Waals surface area (Å²) in [5.41, 5.74) is 8.38. The summed E-state index contributed by atoms with van der Waals surface area (Å²) in [6.45, 7) is 6.05. The van der Waals surface area contributed by atoms with Crippen LogP contribution in [0.15, 0.2) is 52.3 Å². The van der Waals surface area contributed by atoms with Crippen LogP contribution >= 0.6 is 23.1 Å².